The summed E-state index contributed by atoms with van der Waals surface area (Å²) in [5.74, 6) is 0. The summed E-state index contributed by atoms with van der Waals surface area (Å²) in [6.07, 6.45) is 3.09. The molecular formula is C35H40OSSi. The number of benzene rings is 4. The Hall–Kier alpha value is -2.85. The van der Waals surface area contributed by atoms with Crippen molar-refractivity contribution in [1.82, 2.24) is 0 Å². The fourth-order valence-electron chi connectivity index (χ4n) is 5.20. The Morgan fingerprint density at radius 2 is 1.18 bits per heavy atom. The number of hydrogen-bond donors (Lipinski definition) is 0. The normalized spacial score (nSPS) is 14.2. The van der Waals surface area contributed by atoms with Gasteiger partial charge in [-0.3, -0.25) is 0 Å². The first-order valence-corrected chi connectivity index (χ1v) is 16.3. The van der Waals surface area contributed by atoms with E-state index >= 15 is 0 Å². The van der Waals surface area contributed by atoms with Crippen LogP contribution in [-0.2, 0) is 4.43 Å². The highest BCUT2D eigenvalue weighted by Crippen LogP contribution is 2.43. The summed E-state index contributed by atoms with van der Waals surface area (Å²) >= 11 is 1.94. The Bertz CT molecular complexity index is 1240. The van der Waals surface area contributed by atoms with Gasteiger partial charge >= 0.3 is 0 Å². The Balaban J connectivity index is 1.85. The minimum absolute atomic E-state index is 0.0568. The number of thioether (sulfide) groups is 1. The maximum absolute atomic E-state index is 7.72. The van der Waals surface area contributed by atoms with Crippen molar-refractivity contribution >= 4 is 30.5 Å². The molecular weight excluding hydrogens is 497 g/mol. The molecule has 0 aliphatic heterocycles. The molecule has 0 aliphatic rings. The van der Waals surface area contributed by atoms with Crippen molar-refractivity contribution < 1.29 is 4.43 Å². The van der Waals surface area contributed by atoms with E-state index in [2.05, 4.69) is 162 Å². The molecule has 1 unspecified atom stereocenters. The van der Waals surface area contributed by atoms with E-state index < -0.39 is 8.32 Å². The average Bonchev–Trinajstić information content (AvgIpc) is 2.95. The van der Waals surface area contributed by atoms with Crippen molar-refractivity contribution in [2.45, 2.75) is 62.3 Å². The first kappa shape index (κ1) is 28.2. The summed E-state index contributed by atoms with van der Waals surface area (Å²) in [5, 5.41) is 2.84. The third-order valence-electron chi connectivity index (χ3n) is 7.32. The summed E-state index contributed by atoms with van der Waals surface area (Å²) in [6.45, 7) is 11.5. The van der Waals surface area contributed by atoms with E-state index in [0.717, 1.165) is 6.42 Å². The summed E-state index contributed by atoms with van der Waals surface area (Å²) in [5.41, 5.74) is 2.62. The van der Waals surface area contributed by atoms with Crippen LogP contribution in [0, 0.1) is 0 Å². The van der Waals surface area contributed by atoms with Gasteiger partial charge in [-0.2, -0.15) is 0 Å². The number of allylic oxidation sites excluding steroid dienone is 1. The fourth-order valence-corrected chi connectivity index (χ4v) is 11.1. The second-order valence-electron chi connectivity index (χ2n) is 10.9. The lowest BCUT2D eigenvalue weighted by Gasteiger charge is -2.45. The highest BCUT2D eigenvalue weighted by Gasteiger charge is 2.51. The molecule has 0 spiro atoms. The summed E-state index contributed by atoms with van der Waals surface area (Å²) in [7, 11) is -2.73. The molecule has 3 heteroatoms. The van der Waals surface area contributed by atoms with Crippen LogP contribution in [0.25, 0.3) is 0 Å². The Labute approximate surface area is 235 Å². The molecule has 0 aliphatic carbocycles. The smallest absolute Gasteiger partial charge is 0.261 e. The summed E-state index contributed by atoms with van der Waals surface area (Å²) in [6, 6.07) is 43.5. The number of rotatable bonds is 10. The van der Waals surface area contributed by atoms with Crippen LogP contribution in [0.4, 0.5) is 0 Å². The topological polar surface area (TPSA) is 9.23 Å². The molecule has 0 amide bonds. The van der Waals surface area contributed by atoms with Gasteiger partial charge in [0.05, 0.1) is 6.10 Å². The molecule has 4 aromatic carbocycles. The first-order chi connectivity index (χ1) is 18.3. The predicted molar refractivity (Wildman–Crippen MR) is 168 cm³/mol. The van der Waals surface area contributed by atoms with Crippen LogP contribution in [0.15, 0.2) is 138 Å². The largest absolute Gasteiger partial charge is 0.400 e. The molecule has 0 bridgehead atoms. The monoisotopic (exact) mass is 536 g/mol. The van der Waals surface area contributed by atoms with E-state index in [1.165, 1.54) is 26.4 Å². The van der Waals surface area contributed by atoms with Crippen molar-refractivity contribution in [3.63, 3.8) is 0 Å². The molecule has 1 nitrogen and oxygen atoms in total. The molecule has 0 N–H and O–H groups in total. The molecule has 0 saturated heterocycles. The first-order valence-electron chi connectivity index (χ1n) is 13.5. The zero-order valence-corrected chi connectivity index (χ0v) is 25.1. The van der Waals surface area contributed by atoms with Gasteiger partial charge in [0.25, 0.3) is 8.32 Å². The predicted octanol–water partition coefficient (Wildman–Crippen LogP) is 8.82. The van der Waals surface area contributed by atoms with Crippen LogP contribution in [0.1, 0.15) is 52.7 Å². The van der Waals surface area contributed by atoms with Crippen LogP contribution in [0.3, 0.4) is 0 Å². The molecule has 0 aromatic heterocycles. The lowest BCUT2D eigenvalue weighted by molar-refractivity contribution is 0.182. The van der Waals surface area contributed by atoms with Crippen molar-refractivity contribution in [2.75, 3.05) is 0 Å². The summed E-state index contributed by atoms with van der Waals surface area (Å²) < 4.78 is 7.72. The van der Waals surface area contributed by atoms with Crippen LogP contribution in [-0.4, -0.2) is 13.6 Å². The van der Waals surface area contributed by atoms with Crippen molar-refractivity contribution in [1.29, 1.82) is 0 Å². The molecule has 0 heterocycles. The molecule has 0 radical (unpaired) electrons. The van der Waals surface area contributed by atoms with Gasteiger partial charge in [0.1, 0.15) is 0 Å². The second kappa shape index (κ2) is 12.8. The van der Waals surface area contributed by atoms with Crippen LogP contribution in [0.5, 0.6) is 0 Å². The highest BCUT2D eigenvalue weighted by atomic mass is 32.2. The number of hydrogen-bond acceptors (Lipinski definition) is 2. The Morgan fingerprint density at radius 3 is 1.63 bits per heavy atom. The average molecular weight is 537 g/mol. The van der Waals surface area contributed by atoms with Crippen LogP contribution in [0.2, 0.25) is 5.04 Å². The van der Waals surface area contributed by atoms with Gasteiger partial charge in [0.15, 0.2) is 0 Å². The van der Waals surface area contributed by atoms with Crippen molar-refractivity contribution in [3.8, 4) is 0 Å². The zero-order valence-electron chi connectivity index (χ0n) is 23.3. The van der Waals surface area contributed by atoms with Gasteiger partial charge in [-0.05, 0) is 53.4 Å². The van der Waals surface area contributed by atoms with Gasteiger partial charge in [0, 0.05) is 10.1 Å². The zero-order chi connectivity index (χ0) is 27.0. The standard InChI is InChI=1S/C35H40OSSi/c1-6-28(2)34(37-30-21-13-8-14-22-30)27-33(29-19-11-7-12-20-29)36-38(35(3,4)5,31-23-15-9-16-24-31)32-25-17-10-18-26-32/h6-26,33-34H,27H2,1-5H3/b28-6+/t33-,34?/m0/s1. The molecule has 4 aromatic rings. The van der Waals surface area contributed by atoms with Crippen LogP contribution >= 0.6 is 11.8 Å². The van der Waals surface area contributed by atoms with E-state index in [0.29, 0.717) is 5.25 Å². The maximum atomic E-state index is 7.72. The minimum Gasteiger partial charge on any atom is -0.400 e. The molecule has 196 valence electrons. The van der Waals surface area contributed by atoms with Gasteiger partial charge in [0.2, 0.25) is 0 Å². The van der Waals surface area contributed by atoms with E-state index in [1.807, 2.05) is 11.8 Å². The van der Waals surface area contributed by atoms with E-state index in [4.69, 9.17) is 4.43 Å². The Morgan fingerprint density at radius 1 is 0.737 bits per heavy atom. The SMILES string of the molecule is C/C=C(\C)C(C[C@H](O[Si](c1ccccc1)(c1ccccc1)C(C)(C)C)c1ccccc1)Sc1ccccc1. The van der Waals surface area contributed by atoms with Crippen LogP contribution < -0.4 is 10.4 Å². The Kier molecular flexibility index (Phi) is 9.48. The molecule has 0 fully saturated rings. The van der Waals surface area contributed by atoms with E-state index in [9.17, 15) is 0 Å². The van der Waals surface area contributed by atoms with Crippen molar-refractivity contribution in [2.24, 2.45) is 0 Å². The lowest BCUT2D eigenvalue weighted by atomic mass is 10.0. The summed E-state index contributed by atoms with van der Waals surface area (Å²) in [4.78, 5) is 1.29. The molecule has 2 atom stereocenters. The van der Waals surface area contributed by atoms with E-state index in [-0.39, 0.29) is 11.1 Å². The lowest BCUT2D eigenvalue weighted by Crippen LogP contribution is -2.67. The molecule has 38 heavy (non-hydrogen) atoms. The minimum atomic E-state index is -2.73. The third-order valence-corrected chi connectivity index (χ3v) is 13.8. The highest BCUT2D eigenvalue weighted by molar-refractivity contribution is 8.00. The van der Waals surface area contributed by atoms with Gasteiger partial charge < -0.3 is 4.43 Å². The van der Waals surface area contributed by atoms with E-state index in [1.54, 1.807) is 0 Å². The maximum Gasteiger partial charge on any atom is 0.261 e. The molecule has 0 saturated carbocycles. The van der Waals surface area contributed by atoms with Gasteiger partial charge in [-0.15, -0.1) is 11.8 Å². The third kappa shape index (κ3) is 6.40. The van der Waals surface area contributed by atoms with Gasteiger partial charge in [-0.25, -0.2) is 0 Å². The quantitative estimate of drug-likeness (QED) is 0.114. The molecule has 4 rings (SSSR count). The second-order valence-corrected chi connectivity index (χ2v) is 16.4. The fraction of sp³-hybridized carbons (Fsp3) is 0.257. The van der Waals surface area contributed by atoms with Crippen molar-refractivity contribution in [3.05, 3.63) is 139 Å². The van der Waals surface area contributed by atoms with Gasteiger partial charge in [-0.1, -0.05) is 142 Å².